The molecule has 0 amide bonds. The first-order valence-corrected chi connectivity index (χ1v) is 10.00. The summed E-state index contributed by atoms with van der Waals surface area (Å²) in [6, 6.07) is 18.2. The maximum atomic E-state index is 10.5. The molecule has 1 unspecified atom stereocenters. The summed E-state index contributed by atoms with van der Waals surface area (Å²) in [6.07, 6.45) is 1.51. The molecule has 28 heavy (non-hydrogen) atoms. The molecule has 2 aromatic carbocycles. The predicted octanol–water partition coefficient (Wildman–Crippen LogP) is 3.41. The predicted molar refractivity (Wildman–Crippen MR) is 112 cm³/mol. The van der Waals surface area contributed by atoms with Crippen molar-refractivity contribution >= 4 is 11.6 Å². The van der Waals surface area contributed by atoms with Crippen molar-refractivity contribution in [2.45, 2.75) is 19.2 Å². The van der Waals surface area contributed by atoms with Crippen LogP contribution in [0.5, 0.6) is 0 Å². The van der Waals surface area contributed by atoms with Crippen molar-refractivity contribution in [3.8, 4) is 11.3 Å². The number of hydrogen-bond acceptors (Lipinski definition) is 4. The maximum absolute atomic E-state index is 10.5. The number of β-amino-alcohol motifs (C(OH)–C–C–N with tert-alkyl or cyclic N) is 1. The Hall–Kier alpha value is -2.18. The number of aliphatic hydroxyl groups is 1. The molecule has 0 bridgehead atoms. The van der Waals surface area contributed by atoms with Crippen LogP contribution in [-0.4, -0.2) is 57.4 Å². The third-order valence-corrected chi connectivity index (χ3v) is 5.42. The number of halogens is 1. The quantitative estimate of drug-likeness (QED) is 0.694. The number of hydrogen-bond donors (Lipinski definition) is 2. The summed E-state index contributed by atoms with van der Waals surface area (Å²) in [6.45, 7) is 4.82. The Morgan fingerprint density at radius 2 is 1.64 bits per heavy atom. The van der Waals surface area contributed by atoms with Gasteiger partial charge in [0.15, 0.2) is 0 Å². The van der Waals surface area contributed by atoms with E-state index in [-0.39, 0.29) is 6.10 Å². The lowest BCUT2D eigenvalue weighted by atomic mass is 10.1. The highest BCUT2D eigenvalue weighted by Gasteiger charge is 2.22. The molecular formula is C22H25ClN4O. The Kier molecular flexibility index (Phi) is 6.07. The van der Waals surface area contributed by atoms with Gasteiger partial charge in [0.25, 0.3) is 0 Å². The zero-order valence-corrected chi connectivity index (χ0v) is 16.5. The smallest absolute Gasteiger partial charge is 0.0794 e. The van der Waals surface area contributed by atoms with Crippen LogP contribution in [0.3, 0.4) is 0 Å². The van der Waals surface area contributed by atoms with Crippen LogP contribution in [0.1, 0.15) is 11.1 Å². The van der Waals surface area contributed by atoms with E-state index in [1.54, 1.807) is 0 Å². The van der Waals surface area contributed by atoms with Gasteiger partial charge < -0.3 is 5.11 Å². The number of nitrogens with zero attached hydrogens (tertiary/aromatic N) is 3. The molecule has 6 heteroatoms. The molecule has 0 saturated carbocycles. The summed E-state index contributed by atoms with van der Waals surface area (Å²) in [4.78, 5) is 4.63. The van der Waals surface area contributed by atoms with Crippen LogP contribution in [0.25, 0.3) is 11.3 Å². The second kappa shape index (κ2) is 8.88. The van der Waals surface area contributed by atoms with Gasteiger partial charge in [-0.05, 0) is 23.3 Å². The molecule has 3 aromatic rings. The maximum Gasteiger partial charge on any atom is 0.0794 e. The Morgan fingerprint density at radius 1 is 0.964 bits per heavy atom. The van der Waals surface area contributed by atoms with Gasteiger partial charge in [-0.1, -0.05) is 54.1 Å². The molecule has 1 atom stereocenters. The van der Waals surface area contributed by atoms with Gasteiger partial charge >= 0.3 is 0 Å². The van der Waals surface area contributed by atoms with Crippen LogP contribution in [0.4, 0.5) is 0 Å². The highest BCUT2D eigenvalue weighted by molar-refractivity contribution is 6.30. The second-order valence-corrected chi connectivity index (χ2v) is 7.82. The number of aliphatic hydroxyl groups excluding tert-OH is 1. The third-order valence-electron chi connectivity index (χ3n) is 5.16. The van der Waals surface area contributed by atoms with Crippen LogP contribution in [0.2, 0.25) is 5.02 Å². The zero-order valence-electron chi connectivity index (χ0n) is 15.8. The Balaban J connectivity index is 1.42. The Morgan fingerprint density at radius 3 is 2.36 bits per heavy atom. The SMILES string of the molecule is OC1CN(Cc2ccccc2)CCN(Cc2cn[nH]c2-c2ccc(Cl)cc2)C1. The fourth-order valence-electron chi connectivity index (χ4n) is 3.79. The average molecular weight is 397 g/mol. The molecule has 0 aliphatic carbocycles. The van der Waals surface area contributed by atoms with Gasteiger partial charge in [0.05, 0.1) is 18.0 Å². The number of aromatic nitrogens is 2. The average Bonchev–Trinajstić information content (AvgIpc) is 3.07. The minimum atomic E-state index is -0.364. The first-order chi connectivity index (χ1) is 13.7. The van der Waals surface area contributed by atoms with E-state index in [0.717, 1.165) is 48.0 Å². The third kappa shape index (κ3) is 4.80. The lowest BCUT2D eigenvalue weighted by molar-refractivity contribution is 0.106. The van der Waals surface area contributed by atoms with Crippen molar-refractivity contribution in [1.29, 1.82) is 0 Å². The van der Waals surface area contributed by atoms with Crippen molar-refractivity contribution < 1.29 is 5.11 Å². The standard InChI is InChI=1S/C22H25ClN4O/c23-20-8-6-18(7-9-20)22-19(12-24-25-22)14-27-11-10-26(15-21(28)16-27)13-17-4-2-1-3-5-17/h1-9,12,21,28H,10-11,13-16H2,(H,24,25). The highest BCUT2D eigenvalue weighted by atomic mass is 35.5. The molecule has 0 radical (unpaired) electrons. The Bertz CT molecular complexity index is 881. The fraction of sp³-hybridized carbons (Fsp3) is 0.318. The van der Waals surface area contributed by atoms with Crippen LogP contribution in [0, 0.1) is 0 Å². The summed E-state index contributed by atoms with van der Waals surface area (Å²) in [5.74, 6) is 0. The summed E-state index contributed by atoms with van der Waals surface area (Å²) in [7, 11) is 0. The lowest BCUT2D eigenvalue weighted by Crippen LogP contribution is -2.33. The molecule has 1 aliphatic heterocycles. The van der Waals surface area contributed by atoms with E-state index in [9.17, 15) is 5.11 Å². The van der Waals surface area contributed by atoms with Gasteiger partial charge in [-0.3, -0.25) is 14.9 Å². The first-order valence-electron chi connectivity index (χ1n) is 9.62. The minimum absolute atomic E-state index is 0.364. The highest BCUT2D eigenvalue weighted by Crippen LogP contribution is 2.24. The number of benzene rings is 2. The second-order valence-electron chi connectivity index (χ2n) is 7.39. The van der Waals surface area contributed by atoms with E-state index in [1.807, 2.05) is 36.5 Å². The molecule has 1 fully saturated rings. The van der Waals surface area contributed by atoms with E-state index < -0.39 is 0 Å². The first kappa shape index (κ1) is 19.2. The summed E-state index contributed by atoms with van der Waals surface area (Å²) >= 11 is 6.01. The number of nitrogens with one attached hydrogen (secondary N) is 1. The zero-order chi connectivity index (χ0) is 19.3. The van der Waals surface area contributed by atoms with Gasteiger partial charge in [0.1, 0.15) is 0 Å². The fourth-order valence-corrected chi connectivity index (χ4v) is 3.91. The molecule has 5 nitrogen and oxygen atoms in total. The van der Waals surface area contributed by atoms with Crippen LogP contribution >= 0.6 is 11.6 Å². The van der Waals surface area contributed by atoms with Crippen LogP contribution in [0.15, 0.2) is 60.8 Å². The molecule has 2 heterocycles. The Labute approximate surface area is 170 Å². The largest absolute Gasteiger partial charge is 0.390 e. The monoisotopic (exact) mass is 396 g/mol. The van der Waals surface area contributed by atoms with Gasteiger partial charge in [-0.25, -0.2) is 0 Å². The van der Waals surface area contributed by atoms with Gasteiger partial charge in [-0.15, -0.1) is 0 Å². The van der Waals surface area contributed by atoms with E-state index in [0.29, 0.717) is 13.1 Å². The topological polar surface area (TPSA) is 55.4 Å². The summed E-state index contributed by atoms with van der Waals surface area (Å²) < 4.78 is 0. The normalized spacial score (nSPS) is 18.9. The van der Waals surface area contributed by atoms with Crippen molar-refractivity contribution in [1.82, 2.24) is 20.0 Å². The van der Waals surface area contributed by atoms with E-state index in [2.05, 4.69) is 44.3 Å². The van der Waals surface area contributed by atoms with Gasteiger partial charge in [-0.2, -0.15) is 5.10 Å². The molecular weight excluding hydrogens is 372 g/mol. The molecule has 0 spiro atoms. The summed E-state index contributed by atoms with van der Waals surface area (Å²) in [5, 5.41) is 18.6. The van der Waals surface area contributed by atoms with Crippen molar-refractivity contribution in [2.24, 2.45) is 0 Å². The van der Waals surface area contributed by atoms with E-state index >= 15 is 0 Å². The van der Waals surface area contributed by atoms with Gasteiger partial charge in [0.2, 0.25) is 0 Å². The molecule has 1 aliphatic rings. The molecule has 1 saturated heterocycles. The van der Waals surface area contributed by atoms with Crippen molar-refractivity contribution in [3.05, 3.63) is 76.9 Å². The van der Waals surface area contributed by atoms with Crippen molar-refractivity contribution in [2.75, 3.05) is 26.2 Å². The molecule has 146 valence electrons. The number of H-pyrrole nitrogens is 1. The van der Waals surface area contributed by atoms with Gasteiger partial charge in [0, 0.05) is 49.9 Å². The van der Waals surface area contributed by atoms with E-state index in [1.165, 1.54) is 5.56 Å². The van der Waals surface area contributed by atoms with Crippen LogP contribution < -0.4 is 0 Å². The molecule has 2 N–H and O–H groups in total. The number of rotatable bonds is 5. The van der Waals surface area contributed by atoms with Crippen LogP contribution in [-0.2, 0) is 13.1 Å². The number of aromatic amines is 1. The minimum Gasteiger partial charge on any atom is -0.390 e. The molecule has 4 rings (SSSR count). The van der Waals surface area contributed by atoms with Crippen molar-refractivity contribution in [3.63, 3.8) is 0 Å². The van der Waals surface area contributed by atoms with E-state index in [4.69, 9.17) is 11.6 Å². The molecule has 1 aromatic heterocycles. The lowest BCUT2D eigenvalue weighted by Gasteiger charge is -2.21. The summed E-state index contributed by atoms with van der Waals surface area (Å²) in [5.41, 5.74) is 4.49.